The molecule has 102 valence electrons. The van der Waals surface area contributed by atoms with Crippen LogP contribution in [0.4, 0.5) is 0 Å². The van der Waals surface area contributed by atoms with E-state index in [2.05, 4.69) is 27.3 Å². The molecule has 1 heterocycles. The number of thiol groups is 1. The van der Waals surface area contributed by atoms with Gasteiger partial charge in [-0.2, -0.15) is 17.4 Å². The zero-order chi connectivity index (χ0) is 13.8. The topological polar surface area (TPSA) is 112 Å². The molecule has 9 heteroatoms. The van der Waals surface area contributed by atoms with Crippen LogP contribution in [0.15, 0.2) is 11.2 Å². The number of H-pyrrole nitrogens is 1. The SMILES string of the molecule is CCc1ncc(S(=O)(=O)NC(CCS)C(=O)O)[nH]1. The van der Waals surface area contributed by atoms with Gasteiger partial charge in [-0.25, -0.2) is 13.4 Å². The van der Waals surface area contributed by atoms with E-state index in [0.717, 1.165) is 0 Å². The second kappa shape index (κ2) is 6.21. The minimum absolute atomic E-state index is 0.104. The number of aryl methyl sites for hydroxylation is 1. The molecule has 1 unspecified atom stereocenters. The second-order valence-electron chi connectivity index (χ2n) is 3.57. The van der Waals surface area contributed by atoms with Gasteiger partial charge in [-0.15, -0.1) is 0 Å². The molecule has 0 saturated heterocycles. The van der Waals surface area contributed by atoms with Crippen molar-refractivity contribution < 1.29 is 18.3 Å². The lowest BCUT2D eigenvalue weighted by Gasteiger charge is -2.12. The number of aliphatic carboxylic acids is 1. The summed E-state index contributed by atoms with van der Waals surface area (Å²) in [6.07, 6.45) is 1.84. The van der Waals surface area contributed by atoms with E-state index in [9.17, 15) is 13.2 Å². The molecule has 0 saturated carbocycles. The van der Waals surface area contributed by atoms with Crippen molar-refractivity contribution in [3.05, 3.63) is 12.0 Å². The van der Waals surface area contributed by atoms with Crippen molar-refractivity contribution in [2.24, 2.45) is 0 Å². The number of carbonyl (C=O) groups is 1. The minimum atomic E-state index is -3.90. The van der Waals surface area contributed by atoms with Crippen molar-refractivity contribution in [2.45, 2.75) is 30.8 Å². The summed E-state index contributed by atoms with van der Waals surface area (Å²) in [6.45, 7) is 1.82. The molecule has 0 aliphatic carbocycles. The average molecular weight is 293 g/mol. The molecule has 3 N–H and O–H groups in total. The normalized spacial score (nSPS) is 13.4. The highest BCUT2D eigenvalue weighted by atomic mass is 32.2. The molecule has 1 aromatic heterocycles. The van der Waals surface area contributed by atoms with Gasteiger partial charge < -0.3 is 10.1 Å². The van der Waals surface area contributed by atoms with Crippen LogP contribution >= 0.6 is 12.6 Å². The zero-order valence-electron chi connectivity index (χ0n) is 9.75. The molecule has 0 aliphatic rings. The van der Waals surface area contributed by atoms with Gasteiger partial charge in [0.25, 0.3) is 10.0 Å². The smallest absolute Gasteiger partial charge is 0.321 e. The minimum Gasteiger partial charge on any atom is -0.480 e. The Morgan fingerprint density at radius 1 is 1.67 bits per heavy atom. The Morgan fingerprint density at radius 3 is 2.78 bits per heavy atom. The maximum Gasteiger partial charge on any atom is 0.321 e. The molecule has 1 atom stereocenters. The Labute approximate surface area is 110 Å². The summed E-state index contributed by atoms with van der Waals surface area (Å²) in [5, 5.41) is 8.74. The van der Waals surface area contributed by atoms with Gasteiger partial charge in [0.15, 0.2) is 5.03 Å². The van der Waals surface area contributed by atoms with Crippen LogP contribution in [0.5, 0.6) is 0 Å². The van der Waals surface area contributed by atoms with Crippen molar-refractivity contribution >= 4 is 28.6 Å². The molecular weight excluding hydrogens is 278 g/mol. The number of carboxylic acids is 1. The highest BCUT2D eigenvalue weighted by Crippen LogP contribution is 2.08. The maximum atomic E-state index is 11.9. The maximum absolute atomic E-state index is 11.9. The van der Waals surface area contributed by atoms with Crippen LogP contribution in [0.2, 0.25) is 0 Å². The van der Waals surface area contributed by atoms with E-state index < -0.39 is 22.0 Å². The number of imidazole rings is 1. The average Bonchev–Trinajstić information content (AvgIpc) is 2.77. The number of carboxylic acid groups (broad SMARTS) is 1. The lowest BCUT2D eigenvalue weighted by Crippen LogP contribution is -2.41. The number of hydrogen-bond acceptors (Lipinski definition) is 5. The van der Waals surface area contributed by atoms with Crippen LogP contribution in [0.1, 0.15) is 19.2 Å². The first-order chi connectivity index (χ1) is 8.40. The molecule has 0 amide bonds. The fraction of sp³-hybridized carbons (Fsp3) is 0.556. The van der Waals surface area contributed by atoms with Gasteiger partial charge in [-0.05, 0) is 12.2 Å². The van der Waals surface area contributed by atoms with Crippen molar-refractivity contribution in [3.63, 3.8) is 0 Å². The van der Waals surface area contributed by atoms with Crippen LogP contribution in [0, 0.1) is 0 Å². The molecule has 0 aromatic carbocycles. The monoisotopic (exact) mass is 293 g/mol. The Kier molecular flexibility index (Phi) is 5.17. The van der Waals surface area contributed by atoms with Crippen LogP contribution in [-0.2, 0) is 21.2 Å². The molecule has 0 spiro atoms. The third-order valence-electron chi connectivity index (χ3n) is 2.24. The summed E-state index contributed by atoms with van der Waals surface area (Å²) in [4.78, 5) is 17.4. The van der Waals surface area contributed by atoms with Gasteiger partial charge in [0.05, 0.1) is 6.20 Å². The van der Waals surface area contributed by atoms with E-state index >= 15 is 0 Å². The van der Waals surface area contributed by atoms with E-state index in [-0.39, 0.29) is 17.2 Å². The summed E-state index contributed by atoms with van der Waals surface area (Å²) >= 11 is 3.89. The number of aromatic amines is 1. The third kappa shape index (κ3) is 3.72. The summed E-state index contributed by atoms with van der Waals surface area (Å²) in [7, 11) is -3.90. The Balaban J connectivity index is 2.89. The zero-order valence-corrected chi connectivity index (χ0v) is 11.5. The fourth-order valence-corrected chi connectivity index (χ4v) is 2.69. The molecule has 1 rings (SSSR count). The van der Waals surface area contributed by atoms with E-state index in [0.29, 0.717) is 12.2 Å². The summed E-state index contributed by atoms with van der Waals surface area (Å²) in [6, 6.07) is -1.19. The molecule has 1 aromatic rings. The highest BCUT2D eigenvalue weighted by molar-refractivity contribution is 7.89. The van der Waals surface area contributed by atoms with Crippen LogP contribution in [-0.4, -0.2) is 41.3 Å². The molecule has 0 radical (unpaired) electrons. The van der Waals surface area contributed by atoms with Crippen LogP contribution < -0.4 is 4.72 Å². The van der Waals surface area contributed by atoms with Crippen molar-refractivity contribution in [3.8, 4) is 0 Å². The predicted octanol–water partition coefficient (Wildman–Crippen LogP) is 0.0235. The molecule has 0 bridgehead atoms. The first kappa shape index (κ1) is 15.0. The molecular formula is C9H15N3O4S2. The predicted molar refractivity (Wildman–Crippen MR) is 68.2 cm³/mol. The number of nitrogens with zero attached hydrogens (tertiary/aromatic N) is 1. The van der Waals surface area contributed by atoms with Crippen molar-refractivity contribution in [1.29, 1.82) is 0 Å². The van der Waals surface area contributed by atoms with Gasteiger partial charge in [0.1, 0.15) is 11.9 Å². The molecule has 0 fully saturated rings. The van der Waals surface area contributed by atoms with E-state index in [4.69, 9.17) is 5.11 Å². The van der Waals surface area contributed by atoms with Crippen molar-refractivity contribution in [2.75, 3.05) is 5.75 Å². The van der Waals surface area contributed by atoms with Crippen LogP contribution in [0.25, 0.3) is 0 Å². The van der Waals surface area contributed by atoms with Crippen molar-refractivity contribution in [1.82, 2.24) is 14.7 Å². The first-order valence-corrected chi connectivity index (χ1v) is 7.42. The van der Waals surface area contributed by atoms with Gasteiger partial charge in [0, 0.05) is 6.42 Å². The standard InChI is InChI=1S/C9H15N3O4S2/c1-2-7-10-5-8(11-7)18(15,16)12-6(3-4-17)9(13)14/h5-6,12,17H,2-4H2,1H3,(H,10,11)(H,13,14). The lowest BCUT2D eigenvalue weighted by molar-refractivity contribution is -0.139. The largest absolute Gasteiger partial charge is 0.480 e. The summed E-state index contributed by atoms with van der Waals surface area (Å²) in [5.74, 6) is -0.442. The second-order valence-corrected chi connectivity index (χ2v) is 5.70. The fourth-order valence-electron chi connectivity index (χ4n) is 1.27. The first-order valence-electron chi connectivity index (χ1n) is 5.30. The van der Waals surface area contributed by atoms with Gasteiger partial charge in [-0.3, -0.25) is 4.79 Å². The quantitative estimate of drug-likeness (QED) is 0.530. The Bertz CT molecular complexity index is 512. The number of rotatable bonds is 7. The molecule has 18 heavy (non-hydrogen) atoms. The van der Waals surface area contributed by atoms with Crippen LogP contribution in [0.3, 0.4) is 0 Å². The number of aromatic nitrogens is 2. The number of nitrogens with one attached hydrogen (secondary N) is 2. The van der Waals surface area contributed by atoms with Gasteiger partial charge in [0.2, 0.25) is 0 Å². The third-order valence-corrected chi connectivity index (χ3v) is 3.88. The molecule has 0 aliphatic heterocycles. The summed E-state index contributed by atoms with van der Waals surface area (Å²) < 4.78 is 25.9. The van der Waals surface area contributed by atoms with E-state index in [1.807, 2.05) is 6.92 Å². The highest BCUT2D eigenvalue weighted by Gasteiger charge is 2.25. The van der Waals surface area contributed by atoms with Gasteiger partial charge >= 0.3 is 5.97 Å². The van der Waals surface area contributed by atoms with Gasteiger partial charge in [-0.1, -0.05) is 6.92 Å². The number of hydrogen-bond donors (Lipinski definition) is 4. The number of sulfonamides is 1. The lowest BCUT2D eigenvalue weighted by atomic mass is 10.2. The Morgan fingerprint density at radius 2 is 2.33 bits per heavy atom. The molecule has 7 nitrogen and oxygen atoms in total. The Hall–Kier alpha value is -1.06. The van der Waals surface area contributed by atoms with E-state index in [1.165, 1.54) is 6.20 Å². The summed E-state index contributed by atoms with van der Waals surface area (Å²) in [5.41, 5.74) is 0. The van der Waals surface area contributed by atoms with E-state index in [1.54, 1.807) is 0 Å².